The Balaban J connectivity index is 1.34. The van der Waals surface area contributed by atoms with E-state index in [2.05, 4.69) is 31.4 Å². The summed E-state index contributed by atoms with van der Waals surface area (Å²) in [5, 5.41) is 16.0. The number of anilines is 1. The van der Waals surface area contributed by atoms with Crippen molar-refractivity contribution in [2.45, 2.75) is 44.3 Å². The molecular formula is C26H27BrN7O7S2+. The number of pyridine rings is 1. The number of β-lactam (4-membered cyclic amide) rings is 1. The summed E-state index contributed by atoms with van der Waals surface area (Å²) in [4.78, 5) is 61.5. The van der Waals surface area contributed by atoms with Gasteiger partial charge in [0.1, 0.15) is 51.1 Å². The molecule has 14 nitrogen and oxygen atoms in total. The molecule has 1 saturated heterocycles. The fraction of sp³-hybridized carbons (Fsp3) is 0.346. The minimum Gasteiger partial charge on any atom is -0.477 e. The number of carboxylic acid groups (broad SMARTS) is 1. The number of oxime groups is 1. The van der Waals surface area contributed by atoms with Gasteiger partial charge >= 0.3 is 11.9 Å². The molecule has 0 aromatic carbocycles. The first-order valence-corrected chi connectivity index (χ1v) is 15.5. The Labute approximate surface area is 261 Å². The molecule has 43 heavy (non-hydrogen) atoms. The number of esters is 1. The van der Waals surface area contributed by atoms with Crippen LogP contribution in [0.2, 0.25) is 0 Å². The minimum absolute atomic E-state index is 0.0503. The summed E-state index contributed by atoms with van der Waals surface area (Å²) in [6.45, 7) is 4.78. The molecule has 2 aliphatic heterocycles. The highest BCUT2D eigenvalue weighted by Crippen LogP contribution is 2.40. The third-order valence-corrected chi connectivity index (χ3v) is 9.14. The summed E-state index contributed by atoms with van der Waals surface area (Å²) >= 11 is 5.68. The van der Waals surface area contributed by atoms with Gasteiger partial charge in [-0.05, 0) is 42.8 Å². The van der Waals surface area contributed by atoms with E-state index in [0.717, 1.165) is 17.0 Å². The van der Waals surface area contributed by atoms with Crippen molar-refractivity contribution in [3.05, 3.63) is 57.5 Å². The third kappa shape index (κ3) is 6.37. The Morgan fingerprint density at radius 2 is 2.07 bits per heavy atom. The molecule has 226 valence electrons. The highest BCUT2D eigenvalue weighted by atomic mass is 79.9. The van der Waals surface area contributed by atoms with Crippen LogP contribution in [-0.2, 0) is 35.3 Å². The number of nitrogens with one attached hydrogen (secondary N) is 1. The Morgan fingerprint density at radius 3 is 2.74 bits per heavy atom. The van der Waals surface area contributed by atoms with Gasteiger partial charge in [-0.15, -0.1) is 11.8 Å². The van der Waals surface area contributed by atoms with Gasteiger partial charge in [0.2, 0.25) is 6.61 Å². The number of nitrogen functional groups attached to an aromatic ring is 1. The first-order chi connectivity index (χ1) is 20.3. The van der Waals surface area contributed by atoms with Crippen molar-refractivity contribution < 1.29 is 38.4 Å². The van der Waals surface area contributed by atoms with Crippen LogP contribution < -0.4 is 15.6 Å². The molecule has 2 aliphatic rings. The number of ether oxygens (including phenoxy) is 1. The quantitative estimate of drug-likeness (QED) is 0.0978. The van der Waals surface area contributed by atoms with Gasteiger partial charge in [0, 0.05) is 17.4 Å². The number of thiazole rings is 1. The number of amides is 2. The van der Waals surface area contributed by atoms with Crippen LogP contribution >= 0.6 is 39.0 Å². The number of carboxylic acids is 1. The number of fused-ring (bicyclic) bond motifs is 2. The maximum absolute atomic E-state index is 13.4. The molecular weight excluding hydrogens is 666 g/mol. The molecule has 0 bridgehead atoms. The summed E-state index contributed by atoms with van der Waals surface area (Å²) in [5.41, 5.74) is 6.09. The lowest BCUT2D eigenvalue weighted by Gasteiger charge is -2.49. The number of thioether (sulfide) groups is 1. The molecule has 0 spiro atoms. The average Bonchev–Trinajstić information content (AvgIpc) is 3.49. The number of carbonyl (C=O) groups excluding carboxylic acids is 3. The van der Waals surface area contributed by atoms with E-state index in [9.17, 15) is 24.3 Å². The van der Waals surface area contributed by atoms with Gasteiger partial charge in [-0.1, -0.05) is 22.6 Å². The summed E-state index contributed by atoms with van der Waals surface area (Å²) in [5.74, 6) is -3.02. The van der Waals surface area contributed by atoms with Crippen molar-refractivity contribution in [3.8, 4) is 0 Å². The van der Waals surface area contributed by atoms with E-state index in [1.807, 2.05) is 45.8 Å². The van der Waals surface area contributed by atoms with Crippen molar-refractivity contribution in [1.82, 2.24) is 19.6 Å². The standard InChI is InChI=1S/C26H26BrN7O7S2/c1-26(2,3)41-15(35)11-40-31-17(16-20(27)43-25(28)30-16)21(36)29-18-22(37)34-19(24(38)39)13(12-42-23(18)34)10-33-9-8-32-7-5-4-6-14(32)33/h4-9,18,23H,10-12H2,1-3H3,(H3-,28,29,30,36,38,39)/p+1/b31-17-/t18-,23-/m1/s1. The van der Waals surface area contributed by atoms with Crippen molar-refractivity contribution in [2.24, 2.45) is 5.16 Å². The van der Waals surface area contributed by atoms with Crippen LogP contribution in [0, 0.1) is 0 Å². The van der Waals surface area contributed by atoms with E-state index < -0.39 is 47.4 Å². The Hall–Kier alpha value is -3.96. The first-order valence-electron chi connectivity index (χ1n) is 12.8. The summed E-state index contributed by atoms with van der Waals surface area (Å²) in [6, 6.07) is 4.64. The van der Waals surface area contributed by atoms with Gasteiger partial charge in [-0.25, -0.2) is 23.5 Å². The molecule has 3 aromatic rings. The highest BCUT2D eigenvalue weighted by Gasteiger charge is 2.54. The molecule has 5 heterocycles. The number of aliphatic carboxylic acids is 1. The van der Waals surface area contributed by atoms with Gasteiger partial charge in [0.05, 0.1) is 6.20 Å². The molecule has 3 aromatic heterocycles. The van der Waals surface area contributed by atoms with E-state index >= 15 is 0 Å². The number of imidazole rings is 1. The average molecular weight is 694 g/mol. The van der Waals surface area contributed by atoms with Crippen molar-refractivity contribution in [3.63, 3.8) is 0 Å². The van der Waals surface area contributed by atoms with E-state index in [1.165, 1.54) is 16.7 Å². The highest BCUT2D eigenvalue weighted by molar-refractivity contribution is 9.11. The molecule has 2 amide bonds. The van der Waals surface area contributed by atoms with Crippen LogP contribution in [0.3, 0.4) is 0 Å². The normalized spacial score (nSPS) is 18.7. The Kier molecular flexibility index (Phi) is 8.49. The van der Waals surface area contributed by atoms with Gasteiger partial charge in [-0.2, -0.15) is 0 Å². The molecule has 4 N–H and O–H groups in total. The van der Waals surface area contributed by atoms with Gasteiger partial charge in [0.25, 0.3) is 17.5 Å². The van der Waals surface area contributed by atoms with Crippen LogP contribution in [0.15, 0.2) is 57.0 Å². The second-order valence-electron chi connectivity index (χ2n) is 10.5. The molecule has 0 radical (unpaired) electrons. The smallest absolute Gasteiger partial charge is 0.352 e. The number of rotatable bonds is 9. The number of hydrogen-bond donors (Lipinski definition) is 3. The van der Waals surface area contributed by atoms with Gasteiger partial charge in [0.15, 0.2) is 10.8 Å². The number of aromatic nitrogens is 3. The molecule has 17 heteroatoms. The fourth-order valence-electron chi connectivity index (χ4n) is 4.57. The lowest BCUT2D eigenvalue weighted by molar-refractivity contribution is -0.662. The van der Waals surface area contributed by atoms with Crippen LogP contribution in [0.4, 0.5) is 5.13 Å². The number of carbonyl (C=O) groups is 4. The van der Waals surface area contributed by atoms with Gasteiger partial charge in [-0.3, -0.25) is 14.5 Å². The second kappa shape index (κ2) is 12.0. The number of nitrogens with two attached hydrogens (primary N) is 1. The SMILES string of the molecule is CC(C)(C)OC(=O)CO/N=C(\C(=O)N[C@@H]1C(=O)N2C(C(=O)O)=C(C[n+]3ccn4ccccc43)CS[C@H]12)c1nc(N)sc1Br. The zero-order valence-electron chi connectivity index (χ0n) is 23.1. The zero-order chi connectivity index (χ0) is 31.1. The molecule has 0 saturated carbocycles. The number of nitrogens with zero attached hydrogens (tertiary/aromatic N) is 5. The van der Waals surface area contributed by atoms with E-state index in [1.54, 1.807) is 20.8 Å². The number of hydrogen-bond acceptors (Lipinski definition) is 11. The zero-order valence-corrected chi connectivity index (χ0v) is 26.4. The molecule has 0 aliphatic carbocycles. The largest absolute Gasteiger partial charge is 0.477 e. The first kappa shape index (κ1) is 30.5. The molecule has 5 rings (SSSR count). The lowest BCUT2D eigenvalue weighted by Crippen LogP contribution is -2.71. The van der Waals surface area contributed by atoms with Crippen LogP contribution in [-0.4, -0.2) is 78.2 Å². The minimum atomic E-state index is -1.23. The van der Waals surface area contributed by atoms with Crippen molar-refractivity contribution in [2.75, 3.05) is 18.1 Å². The Morgan fingerprint density at radius 1 is 1.30 bits per heavy atom. The monoisotopic (exact) mass is 692 g/mol. The van der Waals surface area contributed by atoms with E-state index in [4.69, 9.17) is 15.3 Å². The summed E-state index contributed by atoms with van der Waals surface area (Å²) < 4.78 is 9.38. The van der Waals surface area contributed by atoms with Crippen molar-refractivity contribution in [1.29, 1.82) is 0 Å². The van der Waals surface area contributed by atoms with Gasteiger partial charge < -0.3 is 25.7 Å². The van der Waals surface area contributed by atoms with Crippen molar-refractivity contribution >= 4 is 79.3 Å². The fourth-order valence-corrected chi connectivity index (χ4v) is 7.24. The number of halogens is 1. The molecule has 2 atom stereocenters. The van der Waals surface area contributed by atoms with Crippen LogP contribution in [0.5, 0.6) is 0 Å². The third-order valence-electron chi connectivity index (χ3n) is 6.27. The van der Waals surface area contributed by atoms with Crippen LogP contribution in [0.25, 0.3) is 5.65 Å². The second-order valence-corrected chi connectivity index (χ2v) is 13.9. The predicted octanol–water partition coefficient (Wildman–Crippen LogP) is 1.53. The molecule has 0 unspecified atom stereocenters. The molecule has 1 fully saturated rings. The van der Waals surface area contributed by atoms with Crippen LogP contribution in [0.1, 0.15) is 26.5 Å². The van der Waals surface area contributed by atoms with E-state index in [0.29, 0.717) is 15.1 Å². The predicted molar refractivity (Wildman–Crippen MR) is 160 cm³/mol. The lowest BCUT2D eigenvalue weighted by atomic mass is 10.0. The Bertz CT molecular complexity index is 1690. The maximum Gasteiger partial charge on any atom is 0.352 e. The summed E-state index contributed by atoms with van der Waals surface area (Å²) in [7, 11) is 0. The van der Waals surface area contributed by atoms with E-state index in [-0.39, 0.29) is 28.8 Å². The maximum atomic E-state index is 13.4. The topological polar surface area (TPSA) is 182 Å². The summed E-state index contributed by atoms with van der Waals surface area (Å²) in [6.07, 6.45) is 5.59.